The standard InChI is InChI=1S/C62H84N14O6/c1-41(63-3)57(77)65-49-27-13-11-25-47-33-35-53(75(47)61(49)81)59(79)67-55(45-21-7-5-8-22-45)51-39-73(71-69-51)37-17-15-19-43-29-31-44(32-30-43)20-16-18-38-74-40-52(70-72-74)56(46-23-9-6-10-24-46)68-60(80)54-36-34-48-26-12-14-28-50(62(82)76(48)54)66-58(78)42(2)64-4/h5-10,21-24,29-32,39-42,47-50,53-56,63-64H,11-20,25-28,33-38H2,1-4H3,(H,65,77)(H,66,78)(H,67,79)(H,68,80)/t41-,42-,47?,48?,49?,50?,53-,54?,55-,56?/m0/s1. The molecule has 438 valence electrons. The zero-order chi connectivity index (χ0) is 57.5. The van der Waals surface area contributed by atoms with Crippen LogP contribution in [0.4, 0.5) is 0 Å². The molecule has 2 aromatic heterocycles. The first kappa shape index (κ1) is 59.3. The molecule has 6 heterocycles. The number of aromatic nitrogens is 6. The minimum Gasteiger partial charge on any atom is -0.343 e. The molecule has 4 aliphatic heterocycles. The van der Waals surface area contributed by atoms with E-state index in [1.54, 1.807) is 37.7 Å². The lowest BCUT2D eigenvalue weighted by atomic mass is 9.98. The van der Waals surface area contributed by atoms with E-state index in [1.807, 2.05) is 82.4 Å². The lowest BCUT2D eigenvalue weighted by Gasteiger charge is -2.36. The summed E-state index contributed by atoms with van der Waals surface area (Å²) in [4.78, 5) is 86.0. The lowest BCUT2D eigenvalue weighted by Crippen LogP contribution is -2.58. The highest BCUT2D eigenvalue weighted by molar-refractivity contribution is 5.95. The maximum Gasteiger partial charge on any atom is 0.246 e. The van der Waals surface area contributed by atoms with Crippen molar-refractivity contribution in [2.75, 3.05) is 14.1 Å². The Morgan fingerprint density at radius 3 is 1.29 bits per heavy atom. The van der Waals surface area contributed by atoms with E-state index in [4.69, 9.17) is 0 Å². The SMILES string of the molecule is CN[C@@H](C)C(=O)NC1CCCCC2CCC(C(=O)NC(c3ccccc3)c3cn(CCCCc4ccc(CCCCn5cc([C@@H](NC(=O)[C@@H]6CCC7CCCCC(NC(=O)[C@H](C)NC)C(=O)N76)c6ccccc6)nn5)cc4)nn3)N2C1=O. The fourth-order valence-electron chi connectivity index (χ4n) is 12.3. The third-order valence-electron chi connectivity index (χ3n) is 17.3. The molecular formula is C62H84N14O6. The third kappa shape index (κ3) is 14.8. The molecule has 0 spiro atoms. The van der Waals surface area contributed by atoms with E-state index in [2.05, 4.69) is 76.8 Å². The van der Waals surface area contributed by atoms with E-state index >= 15 is 0 Å². The van der Waals surface area contributed by atoms with E-state index in [-0.39, 0.29) is 47.5 Å². The van der Waals surface area contributed by atoms with Gasteiger partial charge < -0.3 is 41.7 Å². The summed E-state index contributed by atoms with van der Waals surface area (Å²) in [5, 5.41) is 36.4. The van der Waals surface area contributed by atoms with Crippen molar-refractivity contribution in [1.82, 2.24) is 71.7 Å². The van der Waals surface area contributed by atoms with Crippen LogP contribution in [-0.2, 0) is 54.7 Å². The number of unbranched alkanes of at least 4 members (excludes halogenated alkanes) is 2. The van der Waals surface area contributed by atoms with Crippen LogP contribution in [0.15, 0.2) is 97.3 Å². The molecule has 5 aromatic rings. The molecule has 6 amide bonds. The van der Waals surface area contributed by atoms with Crippen LogP contribution in [0.1, 0.15) is 162 Å². The number of amides is 6. The van der Waals surface area contributed by atoms with Gasteiger partial charge in [-0.15, -0.1) is 10.2 Å². The molecule has 4 aliphatic rings. The molecule has 10 atom stereocenters. The first-order valence-corrected chi connectivity index (χ1v) is 30.1. The molecule has 3 aromatic carbocycles. The van der Waals surface area contributed by atoms with Crippen molar-refractivity contribution in [3.63, 3.8) is 0 Å². The number of carbonyl (C=O) groups excluding carboxylic acids is 6. The number of carbonyl (C=O) groups is 6. The van der Waals surface area contributed by atoms with Crippen LogP contribution < -0.4 is 31.9 Å². The average molecular weight is 1120 g/mol. The number of rotatable bonds is 24. The molecule has 0 bridgehead atoms. The van der Waals surface area contributed by atoms with Crippen molar-refractivity contribution in [2.45, 2.75) is 203 Å². The Kier molecular flexibility index (Phi) is 20.7. The maximum atomic E-state index is 14.3. The van der Waals surface area contributed by atoms with Gasteiger partial charge in [-0.1, -0.05) is 121 Å². The molecule has 6 N–H and O–H groups in total. The van der Waals surface area contributed by atoms with E-state index in [9.17, 15) is 28.8 Å². The second kappa shape index (κ2) is 28.6. The summed E-state index contributed by atoms with van der Waals surface area (Å²) in [6.45, 7) is 4.86. The molecule has 0 aliphatic carbocycles. The number of benzene rings is 3. The van der Waals surface area contributed by atoms with Gasteiger partial charge in [0.05, 0.1) is 36.6 Å². The van der Waals surface area contributed by atoms with Gasteiger partial charge in [0.15, 0.2) is 0 Å². The highest BCUT2D eigenvalue weighted by Crippen LogP contribution is 2.34. The summed E-state index contributed by atoms with van der Waals surface area (Å²) >= 11 is 0. The van der Waals surface area contributed by atoms with Gasteiger partial charge in [-0.25, -0.2) is 0 Å². The second-order valence-electron chi connectivity index (χ2n) is 22.9. The molecule has 0 saturated carbocycles. The predicted octanol–water partition coefficient (Wildman–Crippen LogP) is 5.38. The number of fused-ring (bicyclic) bond motifs is 2. The summed E-state index contributed by atoms with van der Waals surface area (Å²) in [5.41, 5.74) is 5.53. The normalized spacial score (nSPS) is 22.5. The van der Waals surface area contributed by atoms with Crippen molar-refractivity contribution in [1.29, 1.82) is 0 Å². The number of likely N-dealkylation sites (N-methyl/N-ethyl adjacent to an activating group) is 2. The van der Waals surface area contributed by atoms with Crippen LogP contribution in [0, 0.1) is 0 Å². The number of hydrogen-bond donors (Lipinski definition) is 6. The zero-order valence-corrected chi connectivity index (χ0v) is 48.2. The van der Waals surface area contributed by atoms with E-state index < -0.39 is 48.3 Å². The average Bonchev–Trinajstić information content (AvgIpc) is 4.39. The van der Waals surface area contributed by atoms with Gasteiger partial charge in [-0.3, -0.25) is 38.1 Å². The van der Waals surface area contributed by atoms with Crippen molar-refractivity contribution >= 4 is 35.4 Å². The van der Waals surface area contributed by atoms with Gasteiger partial charge in [-0.05, 0) is 140 Å². The van der Waals surface area contributed by atoms with Gasteiger partial charge in [0.25, 0.3) is 0 Å². The van der Waals surface area contributed by atoms with Gasteiger partial charge in [0, 0.05) is 25.2 Å². The predicted molar refractivity (Wildman–Crippen MR) is 310 cm³/mol. The number of hydrogen-bond acceptors (Lipinski definition) is 12. The molecule has 9 rings (SSSR count). The van der Waals surface area contributed by atoms with Gasteiger partial charge in [-0.2, -0.15) is 0 Å². The highest BCUT2D eigenvalue weighted by atomic mass is 16.2. The van der Waals surface area contributed by atoms with Crippen LogP contribution in [0.25, 0.3) is 0 Å². The van der Waals surface area contributed by atoms with Gasteiger partial charge in [0.2, 0.25) is 35.4 Å². The maximum absolute atomic E-state index is 14.3. The summed E-state index contributed by atoms with van der Waals surface area (Å²) in [7, 11) is 3.43. The number of nitrogens with zero attached hydrogens (tertiary/aromatic N) is 8. The molecule has 4 fully saturated rings. The van der Waals surface area contributed by atoms with Gasteiger partial charge in [0.1, 0.15) is 35.6 Å². The van der Waals surface area contributed by atoms with Crippen molar-refractivity contribution in [2.24, 2.45) is 0 Å². The van der Waals surface area contributed by atoms with Crippen LogP contribution in [0.3, 0.4) is 0 Å². The van der Waals surface area contributed by atoms with E-state index in [0.29, 0.717) is 50.2 Å². The van der Waals surface area contributed by atoms with Gasteiger partial charge >= 0.3 is 0 Å². The summed E-state index contributed by atoms with van der Waals surface area (Å²) in [6.07, 6.45) is 18.2. The zero-order valence-electron chi connectivity index (χ0n) is 48.2. The van der Waals surface area contributed by atoms with Crippen LogP contribution in [0.2, 0.25) is 0 Å². The Bertz CT molecular complexity index is 2720. The van der Waals surface area contributed by atoms with Crippen LogP contribution in [-0.4, -0.2) is 138 Å². The van der Waals surface area contributed by atoms with Crippen molar-refractivity contribution < 1.29 is 28.8 Å². The molecule has 4 saturated heterocycles. The molecular weight excluding hydrogens is 1040 g/mol. The number of nitrogens with one attached hydrogen (secondary N) is 6. The minimum atomic E-state index is -0.676. The van der Waals surface area contributed by atoms with E-state index in [1.165, 1.54) is 11.1 Å². The monoisotopic (exact) mass is 1120 g/mol. The fourth-order valence-corrected chi connectivity index (χ4v) is 12.3. The largest absolute Gasteiger partial charge is 0.343 e. The Hall–Kier alpha value is -7.32. The smallest absolute Gasteiger partial charge is 0.246 e. The quantitative estimate of drug-likeness (QED) is 0.0427. The topological polar surface area (TPSA) is 242 Å². The fraction of sp³-hybridized carbons (Fsp3) is 0.548. The first-order valence-electron chi connectivity index (χ1n) is 30.1. The second-order valence-corrected chi connectivity index (χ2v) is 22.9. The summed E-state index contributed by atoms with van der Waals surface area (Å²) in [5.74, 6) is -1.31. The number of aryl methyl sites for hydroxylation is 4. The summed E-state index contributed by atoms with van der Waals surface area (Å²) < 4.78 is 3.68. The Morgan fingerprint density at radius 1 is 0.512 bits per heavy atom. The van der Waals surface area contributed by atoms with Crippen molar-refractivity contribution in [3.8, 4) is 0 Å². The Labute approximate surface area is 482 Å². The molecule has 82 heavy (non-hydrogen) atoms. The molecule has 20 nitrogen and oxygen atoms in total. The molecule has 0 radical (unpaired) electrons. The lowest BCUT2D eigenvalue weighted by molar-refractivity contribution is -0.144. The van der Waals surface area contributed by atoms with E-state index in [0.717, 1.165) is 101 Å². The molecule has 20 heteroatoms. The van der Waals surface area contributed by atoms with Crippen LogP contribution in [0.5, 0.6) is 0 Å². The Morgan fingerprint density at radius 2 is 0.902 bits per heavy atom. The molecule has 6 unspecified atom stereocenters. The third-order valence-corrected chi connectivity index (χ3v) is 17.3. The Balaban J connectivity index is 0.734. The van der Waals surface area contributed by atoms with Crippen LogP contribution >= 0.6 is 0 Å². The minimum absolute atomic E-state index is 0.0483. The first-order chi connectivity index (χ1) is 39.9. The van der Waals surface area contributed by atoms with Crippen molar-refractivity contribution in [3.05, 3.63) is 131 Å². The summed E-state index contributed by atoms with van der Waals surface area (Å²) in [6, 6.07) is 23.5. The highest BCUT2D eigenvalue weighted by Gasteiger charge is 2.46.